The molecule has 20 heavy (non-hydrogen) atoms. The number of H-pyrrole nitrogens is 1. The monoisotopic (exact) mass is 291 g/mol. The van der Waals surface area contributed by atoms with Crippen molar-refractivity contribution in [3.63, 3.8) is 0 Å². The maximum Gasteiger partial charge on any atom is 0.349 e. The number of fused-ring (bicyclic) bond motifs is 1. The minimum Gasteiger partial charge on any atom is -0.435 e. The van der Waals surface area contributed by atoms with E-state index in [4.69, 9.17) is 22.1 Å². The number of hydrogen-bond acceptors (Lipinski definition) is 5. The third-order valence-corrected chi connectivity index (χ3v) is 3.05. The Hall–Kier alpha value is -2.54. The summed E-state index contributed by atoms with van der Waals surface area (Å²) in [5, 5.41) is 6.59. The molecule has 0 unspecified atom stereocenters. The van der Waals surface area contributed by atoms with Crippen LogP contribution in [0.4, 0.5) is 5.69 Å². The molecule has 8 heteroatoms. The van der Waals surface area contributed by atoms with Crippen LogP contribution in [0.3, 0.4) is 0 Å². The largest absolute Gasteiger partial charge is 0.435 e. The lowest BCUT2D eigenvalue weighted by Gasteiger charge is -2.09. The maximum atomic E-state index is 11.5. The molecule has 3 N–H and O–H groups in total. The van der Waals surface area contributed by atoms with Crippen LogP contribution >= 0.6 is 11.6 Å². The molecule has 3 aromatic rings. The molecule has 0 aliphatic carbocycles. The quantitative estimate of drug-likeness (QED) is 0.701. The molecule has 0 saturated carbocycles. The Morgan fingerprint density at radius 2 is 2.25 bits per heavy atom. The van der Waals surface area contributed by atoms with Gasteiger partial charge in [-0.05, 0) is 19.1 Å². The topological polar surface area (TPSA) is 98.3 Å². The van der Waals surface area contributed by atoms with Crippen molar-refractivity contribution in [1.82, 2.24) is 19.6 Å². The van der Waals surface area contributed by atoms with Gasteiger partial charge in [-0.25, -0.2) is 14.3 Å². The molecular weight excluding hydrogens is 282 g/mol. The number of anilines is 1. The summed E-state index contributed by atoms with van der Waals surface area (Å²) in [5.41, 5.74) is 6.26. The van der Waals surface area contributed by atoms with Crippen LogP contribution in [0.15, 0.2) is 29.1 Å². The van der Waals surface area contributed by atoms with Gasteiger partial charge in [0.05, 0.1) is 10.7 Å². The molecule has 102 valence electrons. The van der Waals surface area contributed by atoms with Crippen molar-refractivity contribution in [3.05, 3.63) is 45.6 Å². The van der Waals surface area contributed by atoms with Crippen LogP contribution < -0.4 is 16.2 Å². The zero-order valence-electron chi connectivity index (χ0n) is 10.4. The summed E-state index contributed by atoms with van der Waals surface area (Å²) in [4.78, 5) is 15.7. The lowest BCUT2D eigenvalue weighted by Crippen LogP contribution is -2.13. The number of nitrogens with two attached hydrogens (primary N) is 1. The Morgan fingerprint density at radius 1 is 1.45 bits per heavy atom. The summed E-state index contributed by atoms with van der Waals surface area (Å²) in [6, 6.07) is 6.58. The fourth-order valence-corrected chi connectivity index (χ4v) is 2.08. The third-order valence-electron chi connectivity index (χ3n) is 2.75. The molecule has 3 rings (SSSR count). The maximum absolute atomic E-state index is 11.5. The van der Waals surface area contributed by atoms with Crippen LogP contribution in [0.1, 0.15) is 5.82 Å². The Bertz CT molecular complexity index is 834. The van der Waals surface area contributed by atoms with E-state index in [1.165, 1.54) is 10.5 Å². The first-order valence-corrected chi connectivity index (χ1v) is 6.10. The van der Waals surface area contributed by atoms with Crippen molar-refractivity contribution in [2.45, 2.75) is 6.92 Å². The molecule has 0 bridgehead atoms. The summed E-state index contributed by atoms with van der Waals surface area (Å²) in [6.07, 6.45) is 0. The highest BCUT2D eigenvalue weighted by Gasteiger charge is 2.11. The molecule has 0 saturated heterocycles. The molecule has 2 heterocycles. The number of aromatic nitrogens is 4. The van der Waals surface area contributed by atoms with E-state index >= 15 is 0 Å². The van der Waals surface area contributed by atoms with Gasteiger partial charge in [-0.3, -0.25) is 0 Å². The summed E-state index contributed by atoms with van der Waals surface area (Å²) in [7, 11) is 0. The van der Waals surface area contributed by atoms with Crippen LogP contribution in [0.25, 0.3) is 5.65 Å². The first kappa shape index (κ1) is 12.5. The first-order valence-electron chi connectivity index (χ1n) is 5.73. The molecule has 1 aromatic carbocycles. The second-order valence-corrected chi connectivity index (χ2v) is 4.53. The van der Waals surface area contributed by atoms with Gasteiger partial charge in [0.15, 0.2) is 11.4 Å². The van der Waals surface area contributed by atoms with Gasteiger partial charge in [-0.2, -0.15) is 10.1 Å². The summed E-state index contributed by atoms with van der Waals surface area (Å²) >= 11 is 6.03. The summed E-state index contributed by atoms with van der Waals surface area (Å²) < 4.78 is 6.94. The van der Waals surface area contributed by atoms with Gasteiger partial charge in [0.1, 0.15) is 5.82 Å². The fraction of sp³-hybridized carbons (Fsp3) is 0.0833. The van der Waals surface area contributed by atoms with Gasteiger partial charge in [-0.1, -0.05) is 17.7 Å². The van der Waals surface area contributed by atoms with Crippen LogP contribution in [-0.4, -0.2) is 19.6 Å². The Labute approximate surface area is 118 Å². The predicted molar refractivity (Wildman–Crippen MR) is 74.3 cm³/mol. The van der Waals surface area contributed by atoms with Gasteiger partial charge in [-0.15, -0.1) is 0 Å². The number of nitrogen functional groups attached to an aromatic ring is 1. The van der Waals surface area contributed by atoms with Crippen molar-refractivity contribution in [1.29, 1.82) is 0 Å². The van der Waals surface area contributed by atoms with Crippen LogP contribution in [0.5, 0.6) is 11.6 Å². The van der Waals surface area contributed by atoms with Gasteiger partial charge in [0.2, 0.25) is 5.88 Å². The van der Waals surface area contributed by atoms with E-state index in [-0.39, 0.29) is 11.6 Å². The average molecular weight is 292 g/mol. The first-order chi connectivity index (χ1) is 9.56. The molecule has 0 fully saturated rings. The Balaban J connectivity index is 2.10. The van der Waals surface area contributed by atoms with Gasteiger partial charge in [0, 0.05) is 6.07 Å². The van der Waals surface area contributed by atoms with E-state index in [0.717, 1.165) is 0 Å². The van der Waals surface area contributed by atoms with Crippen molar-refractivity contribution < 1.29 is 4.74 Å². The number of hydrogen-bond donors (Lipinski definition) is 2. The molecule has 2 aromatic heterocycles. The molecule has 0 aliphatic rings. The van der Waals surface area contributed by atoms with Gasteiger partial charge < -0.3 is 10.5 Å². The lowest BCUT2D eigenvalue weighted by molar-refractivity contribution is 0.462. The number of nitrogens with one attached hydrogen (secondary N) is 1. The molecule has 0 radical (unpaired) electrons. The number of ether oxygens (including phenoxy) is 1. The third kappa shape index (κ3) is 1.97. The molecule has 0 spiro atoms. The van der Waals surface area contributed by atoms with E-state index < -0.39 is 0 Å². The number of benzene rings is 1. The zero-order valence-corrected chi connectivity index (χ0v) is 11.2. The number of aryl methyl sites for hydroxylation is 1. The lowest BCUT2D eigenvalue weighted by atomic mass is 10.3. The highest BCUT2D eigenvalue weighted by atomic mass is 35.5. The summed E-state index contributed by atoms with van der Waals surface area (Å²) in [6.45, 7) is 1.67. The number of nitrogens with zero attached hydrogens (tertiary/aromatic N) is 3. The second-order valence-electron chi connectivity index (χ2n) is 4.12. The van der Waals surface area contributed by atoms with E-state index in [1.807, 2.05) is 0 Å². The van der Waals surface area contributed by atoms with Crippen LogP contribution in [0.2, 0.25) is 5.02 Å². The normalized spacial score (nSPS) is 10.9. The number of para-hydroxylation sites is 1. The molecular formula is C12H10ClN5O2. The van der Waals surface area contributed by atoms with E-state index in [0.29, 0.717) is 27.9 Å². The minimum absolute atomic E-state index is 0.258. The number of halogens is 1. The van der Waals surface area contributed by atoms with Gasteiger partial charge in [0.25, 0.3) is 0 Å². The number of aromatic amines is 1. The minimum atomic E-state index is -0.353. The Morgan fingerprint density at radius 3 is 3.00 bits per heavy atom. The standard InChI is InChI=1S/C12H10ClN5O2/c1-6-15-10(5-9-16-17-12(19)18(6)9)20-11-7(13)3-2-4-8(11)14/h2-5H,14H2,1H3,(H,17,19). The average Bonchev–Trinajstić information content (AvgIpc) is 2.76. The van der Waals surface area contributed by atoms with Gasteiger partial charge >= 0.3 is 5.69 Å². The zero-order chi connectivity index (χ0) is 14.3. The molecule has 0 atom stereocenters. The van der Waals surface area contributed by atoms with Crippen molar-refractivity contribution >= 4 is 22.9 Å². The predicted octanol–water partition coefficient (Wildman–Crippen LogP) is 1.75. The van der Waals surface area contributed by atoms with Crippen molar-refractivity contribution in [3.8, 4) is 11.6 Å². The molecule has 7 nitrogen and oxygen atoms in total. The van der Waals surface area contributed by atoms with E-state index in [2.05, 4.69) is 15.2 Å². The second kappa shape index (κ2) is 4.53. The Kier molecular flexibility index (Phi) is 2.83. The summed E-state index contributed by atoms with van der Waals surface area (Å²) in [5.74, 6) is 1.03. The fourth-order valence-electron chi connectivity index (χ4n) is 1.86. The smallest absolute Gasteiger partial charge is 0.349 e. The van der Waals surface area contributed by atoms with Crippen molar-refractivity contribution in [2.24, 2.45) is 0 Å². The molecule has 0 aliphatic heterocycles. The molecule has 0 amide bonds. The van der Waals surface area contributed by atoms with E-state index in [9.17, 15) is 4.79 Å². The van der Waals surface area contributed by atoms with E-state index in [1.54, 1.807) is 25.1 Å². The van der Waals surface area contributed by atoms with Crippen molar-refractivity contribution in [2.75, 3.05) is 5.73 Å². The SMILES string of the molecule is Cc1nc(Oc2c(N)cccc2Cl)cc2n[nH]c(=O)n12. The van der Waals surface area contributed by atoms with Crippen LogP contribution in [0, 0.1) is 6.92 Å². The van der Waals surface area contributed by atoms with Crippen LogP contribution in [-0.2, 0) is 0 Å². The highest BCUT2D eigenvalue weighted by molar-refractivity contribution is 6.32. The highest BCUT2D eigenvalue weighted by Crippen LogP contribution is 2.34. The number of rotatable bonds is 2.